The number of nitrogens with zero attached hydrogens (tertiary/aromatic N) is 3. The van der Waals surface area contributed by atoms with E-state index in [1.807, 2.05) is 12.3 Å². The van der Waals surface area contributed by atoms with E-state index in [1.54, 1.807) is 17.5 Å². The molecule has 0 unspecified atom stereocenters. The fraction of sp³-hybridized carbons (Fsp3) is 0.381. The van der Waals surface area contributed by atoms with E-state index in [0.29, 0.717) is 11.9 Å². The molecule has 1 saturated carbocycles. The van der Waals surface area contributed by atoms with E-state index < -0.39 is 5.60 Å². The van der Waals surface area contributed by atoms with Crippen molar-refractivity contribution in [3.05, 3.63) is 52.9 Å². The molecule has 3 aromatic rings. The largest absolute Gasteiger partial charge is 0.383 e. The molecule has 148 valence electrons. The van der Waals surface area contributed by atoms with Crippen LogP contribution in [0.3, 0.4) is 0 Å². The molecular formula is C21H25ClN4OS. The third-order valence-corrected chi connectivity index (χ3v) is 6.21. The van der Waals surface area contributed by atoms with Gasteiger partial charge in [-0.1, -0.05) is 19.9 Å². The van der Waals surface area contributed by atoms with Gasteiger partial charge in [-0.2, -0.15) is 0 Å². The molecule has 0 aliphatic heterocycles. The zero-order valence-corrected chi connectivity index (χ0v) is 17.9. The Labute approximate surface area is 175 Å². The number of aliphatic hydroxyl groups is 1. The number of hydrogen-bond acceptors (Lipinski definition) is 6. The summed E-state index contributed by atoms with van der Waals surface area (Å²) >= 11 is 1.58. The zero-order chi connectivity index (χ0) is 19.0. The van der Waals surface area contributed by atoms with Crippen LogP contribution in [0.4, 0.5) is 11.6 Å². The number of thiazole rings is 1. The van der Waals surface area contributed by atoms with Crippen LogP contribution in [0.1, 0.15) is 55.3 Å². The van der Waals surface area contributed by atoms with Crippen LogP contribution in [0, 0.1) is 6.92 Å². The zero-order valence-electron chi connectivity index (χ0n) is 16.3. The molecule has 2 heterocycles. The predicted octanol–water partition coefficient (Wildman–Crippen LogP) is 5.57. The average molecular weight is 417 g/mol. The summed E-state index contributed by atoms with van der Waals surface area (Å²) in [6.45, 7) is 6.31. The van der Waals surface area contributed by atoms with Crippen molar-refractivity contribution in [3.8, 4) is 10.4 Å². The van der Waals surface area contributed by atoms with Crippen molar-refractivity contribution < 1.29 is 5.11 Å². The Morgan fingerprint density at radius 3 is 2.64 bits per heavy atom. The molecule has 5 nitrogen and oxygen atoms in total. The van der Waals surface area contributed by atoms with Gasteiger partial charge in [0.1, 0.15) is 10.6 Å². The van der Waals surface area contributed by atoms with Crippen molar-refractivity contribution >= 4 is 35.4 Å². The number of hydrogen-bond donors (Lipinski definition) is 2. The number of aromatic nitrogens is 3. The second-order valence-corrected chi connectivity index (χ2v) is 8.62. The molecule has 0 bridgehead atoms. The highest BCUT2D eigenvalue weighted by Gasteiger charge is 2.39. The second-order valence-electron chi connectivity index (χ2n) is 7.59. The van der Waals surface area contributed by atoms with Crippen LogP contribution in [0.5, 0.6) is 0 Å². The Hall–Kier alpha value is -2.02. The van der Waals surface area contributed by atoms with E-state index in [1.165, 1.54) is 0 Å². The number of rotatable bonds is 5. The summed E-state index contributed by atoms with van der Waals surface area (Å²) in [5.74, 6) is 0.959. The molecule has 0 radical (unpaired) electrons. The van der Waals surface area contributed by atoms with Crippen molar-refractivity contribution in [2.45, 2.75) is 51.6 Å². The molecule has 1 fully saturated rings. The van der Waals surface area contributed by atoms with Crippen LogP contribution in [0.2, 0.25) is 0 Å². The highest BCUT2D eigenvalue weighted by atomic mass is 35.5. The van der Waals surface area contributed by atoms with Crippen LogP contribution in [0.25, 0.3) is 10.4 Å². The minimum atomic E-state index is -0.709. The quantitative estimate of drug-likeness (QED) is 0.569. The maximum Gasteiger partial charge on any atom is 0.227 e. The fourth-order valence-electron chi connectivity index (χ4n) is 3.23. The Bertz CT molecular complexity index is 969. The van der Waals surface area contributed by atoms with Crippen LogP contribution in [0.15, 0.2) is 36.7 Å². The molecule has 2 aromatic heterocycles. The van der Waals surface area contributed by atoms with E-state index in [-0.39, 0.29) is 12.4 Å². The summed E-state index contributed by atoms with van der Waals surface area (Å²) in [6, 6.07) is 8.25. The lowest BCUT2D eigenvalue weighted by Gasteiger charge is -2.34. The summed E-state index contributed by atoms with van der Waals surface area (Å²) < 4.78 is 0. The number of nitrogens with one attached hydrogen (secondary N) is 1. The second kappa shape index (κ2) is 8.15. The lowest BCUT2D eigenvalue weighted by atomic mass is 9.81. The van der Waals surface area contributed by atoms with Crippen LogP contribution >= 0.6 is 23.7 Å². The summed E-state index contributed by atoms with van der Waals surface area (Å²) in [4.78, 5) is 14.5. The minimum absolute atomic E-state index is 0. The molecule has 1 aromatic carbocycles. The molecule has 28 heavy (non-hydrogen) atoms. The van der Waals surface area contributed by atoms with Gasteiger partial charge in [0.05, 0.1) is 4.88 Å². The van der Waals surface area contributed by atoms with Gasteiger partial charge in [-0.3, -0.25) is 0 Å². The van der Waals surface area contributed by atoms with Gasteiger partial charge in [-0.25, -0.2) is 15.0 Å². The molecule has 7 heteroatoms. The van der Waals surface area contributed by atoms with Gasteiger partial charge < -0.3 is 10.4 Å². The fourth-order valence-corrected chi connectivity index (χ4v) is 4.28. The molecule has 0 atom stereocenters. The van der Waals surface area contributed by atoms with Gasteiger partial charge in [0.25, 0.3) is 0 Å². The molecule has 2 N–H and O–H groups in total. The lowest BCUT2D eigenvalue weighted by molar-refractivity contribution is -0.0389. The van der Waals surface area contributed by atoms with Gasteiger partial charge in [-0.05, 0) is 61.4 Å². The Kier molecular flexibility index (Phi) is 6.03. The first kappa shape index (κ1) is 20.7. The van der Waals surface area contributed by atoms with E-state index in [2.05, 4.69) is 59.2 Å². The maximum atomic E-state index is 10.5. The monoisotopic (exact) mass is 416 g/mol. The Morgan fingerprint density at radius 2 is 1.96 bits per heavy atom. The van der Waals surface area contributed by atoms with E-state index in [4.69, 9.17) is 0 Å². The highest BCUT2D eigenvalue weighted by Crippen LogP contribution is 2.44. The third kappa shape index (κ3) is 4.19. The van der Waals surface area contributed by atoms with Crippen LogP contribution < -0.4 is 5.32 Å². The summed E-state index contributed by atoms with van der Waals surface area (Å²) in [5, 5.41) is 14.7. The number of benzene rings is 1. The minimum Gasteiger partial charge on any atom is -0.383 e. The van der Waals surface area contributed by atoms with Crippen molar-refractivity contribution in [1.29, 1.82) is 0 Å². The van der Waals surface area contributed by atoms with Gasteiger partial charge in [0.2, 0.25) is 5.95 Å². The molecule has 1 aliphatic carbocycles. The number of halogens is 1. The maximum absolute atomic E-state index is 10.5. The standard InChI is InChI=1S/C21H24N4OS.ClH/c1-13(2)17-5-8-22-20(25-17)24-16-10-14(3)9-15(11-16)18-12-23-19(27-18)21(26)6-4-7-21;/h5,8-13,26H,4,6-7H2,1-3H3,(H,22,24,25);1H. The van der Waals surface area contributed by atoms with Gasteiger partial charge in [0, 0.05) is 23.8 Å². The number of anilines is 2. The van der Waals surface area contributed by atoms with E-state index >= 15 is 0 Å². The Balaban J connectivity index is 0.00000225. The smallest absolute Gasteiger partial charge is 0.227 e. The molecule has 1 aliphatic rings. The van der Waals surface area contributed by atoms with Crippen molar-refractivity contribution in [3.63, 3.8) is 0 Å². The molecular weight excluding hydrogens is 392 g/mol. The van der Waals surface area contributed by atoms with Gasteiger partial charge in [-0.15, -0.1) is 23.7 Å². The van der Waals surface area contributed by atoms with E-state index in [9.17, 15) is 5.11 Å². The lowest BCUT2D eigenvalue weighted by Crippen LogP contribution is -2.33. The van der Waals surface area contributed by atoms with Crippen molar-refractivity contribution in [2.75, 3.05) is 5.32 Å². The molecule has 0 amide bonds. The van der Waals surface area contributed by atoms with E-state index in [0.717, 1.165) is 51.7 Å². The first-order valence-corrected chi connectivity index (χ1v) is 10.2. The highest BCUT2D eigenvalue weighted by molar-refractivity contribution is 7.15. The van der Waals surface area contributed by atoms with Gasteiger partial charge >= 0.3 is 0 Å². The van der Waals surface area contributed by atoms with Gasteiger partial charge in [0.15, 0.2) is 0 Å². The SMILES string of the molecule is Cc1cc(Nc2nccc(C(C)C)n2)cc(-c2cnc(C3(O)CCC3)s2)c1.Cl. The molecule has 4 rings (SSSR count). The average Bonchev–Trinajstić information content (AvgIpc) is 3.10. The summed E-state index contributed by atoms with van der Waals surface area (Å²) in [6.07, 6.45) is 6.34. The topological polar surface area (TPSA) is 70.9 Å². The normalized spacial score (nSPS) is 15.0. The summed E-state index contributed by atoms with van der Waals surface area (Å²) in [5.41, 5.74) is 3.49. The first-order chi connectivity index (χ1) is 12.9. The van der Waals surface area contributed by atoms with Crippen molar-refractivity contribution in [1.82, 2.24) is 15.0 Å². The molecule has 0 spiro atoms. The number of aryl methyl sites for hydroxylation is 1. The Morgan fingerprint density at radius 1 is 1.18 bits per heavy atom. The summed E-state index contributed by atoms with van der Waals surface area (Å²) in [7, 11) is 0. The third-order valence-electron chi connectivity index (χ3n) is 4.97. The van der Waals surface area contributed by atoms with Crippen molar-refractivity contribution in [2.24, 2.45) is 0 Å². The van der Waals surface area contributed by atoms with Crippen LogP contribution in [-0.2, 0) is 5.60 Å². The predicted molar refractivity (Wildman–Crippen MR) is 117 cm³/mol. The van der Waals surface area contributed by atoms with Crippen LogP contribution in [-0.4, -0.2) is 20.1 Å². The first-order valence-electron chi connectivity index (χ1n) is 9.34. The molecule has 0 saturated heterocycles.